The van der Waals surface area contributed by atoms with E-state index in [9.17, 15) is 9.18 Å². The molecule has 0 bridgehead atoms. The lowest BCUT2D eigenvalue weighted by atomic mass is 10.2. The van der Waals surface area contributed by atoms with Gasteiger partial charge in [-0.25, -0.2) is 4.39 Å². The molecule has 0 radical (unpaired) electrons. The fourth-order valence-electron chi connectivity index (χ4n) is 2.19. The molecule has 1 amide bonds. The summed E-state index contributed by atoms with van der Waals surface area (Å²) in [5.74, 6) is -0.224. The number of benzene rings is 1. The van der Waals surface area contributed by atoms with E-state index in [0.717, 1.165) is 12.1 Å². The predicted molar refractivity (Wildman–Crippen MR) is 98.0 cm³/mol. The average molecular weight is 391 g/mol. The van der Waals surface area contributed by atoms with Crippen LogP contribution in [0, 0.1) is 5.82 Å². The topological polar surface area (TPSA) is 89.1 Å². The summed E-state index contributed by atoms with van der Waals surface area (Å²) in [7, 11) is 0. The molecule has 2 N–H and O–H groups in total. The Bertz CT molecular complexity index is 928. The van der Waals surface area contributed by atoms with Gasteiger partial charge in [-0.3, -0.25) is 9.89 Å². The van der Waals surface area contributed by atoms with E-state index >= 15 is 0 Å². The summed E-state index contributed by atoms with van der Waals surface area (Å²) in [6, 6.07) is 8.25. The number of nitrogens with one attached hydrogen (secondary N) is 2. The van der Waals surface area contributed by atoms with E-state index in [1.165, 1.54) is 18.2 Å². The second-order valence-corrected chi connectivity index (χ2v) is 6.26. The number of aromatic amines is 1. The van der Waals surface area contributed by atoms with Crippen LogP contribution in [0.1, 0.15) is 24.2 Å². The molecule has 0 saturated carbocycles. The van der Waals surface area contributed by atoms with Crippen molar-refractivity contribution in [3.05, 3.63) is 59.0 Å². The molecule has 0 unspecified atom stereocenters. The highest BCUT2D eigenvalue weighted by molar-refractivity contribution is 6.30. The van der Waals surface area contributed by atoms with Crippen LogP contribution in [0.15, 0.2) is 42.6 Å². The summed E-state index contributed by atoms with van der Waals surface area (Å²) >= 11 is 5.84. The number of rotatable bonds is 6. The lowest BCUT2D eigenvalue weighted by molar-refractivity contribution is 0.102. The first-order valence-corrected chi connectivity index (χ1v) is 8.40. The largest absolute Gasteiger partial charge is 0.475 e. The van der Waals surface area contributed by atoms with Gasteiger partial charge < -0.3 is 14.8 Å². The molecule has 3 rings (SSSR count). The minimum absolute atomic E-state index is 0.0574. The molecule has 0 atom stereocenters. The highest BCUT2D eigenvalue weighted by Crippen LogP contribution is 2.27. The number of carbonyl (C=O) groups is 1. The van der Waals surface area contributed by atoms with E-state index in [1.807, 2.05) is 13.8 Å². The van der Waals surface area contributed by atoms with Gasteiger partial charge in [0, 0.05) is 35.5 Å². The van der Waals surface area contributed by atoms with Crippen molar-refractivity contribution in [3.8, 4) is 17.5 Å². The van der Waals surface area contributed by atoms with Gasteiger partial charge in [-0.1, -0.05) is 11.6 Å². The quantitative estimate of drug-likeness (QED) is 0.650. The maximum absolute atomic E-state index is 13.5. The van der Waals surface area contributed by atoms with Crippen molar-refractivity contribution in [2.75, 3.05) is 5.32 Å². The van der Waals surface area contributed by atoms with Crippen molar-refractivity contribution in [1.82, 2.24) is 15.2 Å². The van der Waals surface area contributed by atoms with Gasteiger partial charge >= 0.3 is 0 Å². The second-order valence-electron chi connectivity index (χ2n) is 5.82. The molecule has 27 heavy (non-hydrogen) atoms. The SMILES string of the molecule is CC(C)Oc1cc(C(=O)Nc2cc[nH]n2)cc(Oc2cc(F)cc(Cl)c2)n1. The highest BCUT2D eigenvalue weighted by Gasteiger charge is 2.14. The van der Waals surface area contributed by atoms with Crippen LogP contribution < -0.4 is 14.8 Å². The third kappa shape index (κ3) is 5.18. The van der Waals surface area contributed by atoms with Gasteiger partial charge in [-0.05, 0) is 26.0 Å². The number of aromatic nitrogens is 3. The smallest absolute Gasteiger partial charge is 0.257 e. The van der Waals surface area contributed by atoms with E-state index in [2.05, 4.69) is 20.5 Å². The van der Waals surface area contributed by atoms with Crippen LogP contribution in [0.3, 0.4) is 0 Å². The van der Waals surface area contributed by atoms with Gasteiger partial charge in [-0.2, -0.15) is 10.1 Å². The molecular formula is C18H16ClFN4O3. The standard InChI is InChI=1S/C18H16ClFN4O3/c1-10(2)26-16-5-11(18(25)22-15-3-4-21-24-15)6-17(23-16)27-14-8-12(19)7-13(20)9-14/h3-10H,1-2H3,(H2,21,22,24,25). The summed E-state index contributed by atoms with van der Waals surface area (Å²) in [5.41, 5.74) is 0.237. The number of pyridine rings is 1. The Labute approximate surface area is 159 Å². The number of ether oxygens (including phenoxy) is 2. The van der Waals surface area contributed by atoms with Crippen molar-refractivity contribution < 1.29 is 18.7 Å². The Kier molecular flexibility index (Phi) is 5.56. The van der Waals surface area contributed by atoms with Crippen molar-refractivity contribution in [2.45, 2.75) is 20.0 Å². The molecule has 7 nitrogen and oxygen atoms in total. The van der Waals surface area contributed by atoms with Crippen LogP contribution >= 0.6 is 11.6 Å². The van der Waals surface area contributed by atoms with Crippen LogP contribution in [0.4, 0.5) is 10.2 Å². The number of anilines is 1. The Morgan fingerprint density at radius 1 is 1.22 bits per heavy atom. The molecule has 2 aromatic heterocycles. The highest BCUT2D eigenvalue weighted by atomic mass is 35.5. The van der Waals surface area contributed by atoms with Crippen LogP contribution in [0.5, 0.6) is 17.5 Å². The first-order chi connectivity index (χ1) is 12.9. The molecule has 0 aliphatic rings. The lowest BCUT2D eigenvalue weighted by Gasteiger charge is -2.13. The molecule has 0 saturated heterocycles. The monoisotopic (exact) mass is 390 g/mol. The molecule has 140 valence electrons. The zero-order valence-electron chi connectivity index (χ0n) is 14.5. The number of hydrogen-bond donors (Lipinski definition) is 2. The van der Waals surface area contributed by atoms with Crippen LogP contribution in [0.2, 0.25) is 5.02 Å². The third-order valence-corrected chi connectivity index (χ3v) is 3.42. The summed E-state index contributed by atoms with van der Waals surface area (Å²) in [4.78, 5) is 16.7. The number of carbonyl (C=O) groups excluding carboxylic acids is 1. The number of nitrogens with zero attached hydrogens (tertiary/aromatic N) is 2. The number of hydrogen-bond acceptors (Lipinski definition) is 5. The van der Waals surface area contributed by atoms with Crippen molar-refractivity contribution in [2.24, 2.45) is 0 Å². The third-order valence-electron chi connectivity index (χ3n) is 3.20. The van der Waals surface area contributed by atoms with Gasteiger partial charge in [0.05, 0.1) is 11.7 Å². The summed E-state index contributed by atoms with van der Waals surface area (Å²) in [6.45, 7) is 3.65. The first-order valence-electron chi connectivity index (χ1n) is 8.03. The zero-order chi connectivity index (χ0) is 19.4. The predicted octanol–water partition coefficient (Wildman–Crippen LogP) is 4.43. The van der Waals surface area contributed by atoms with Crippen LogP contribution in [-0.4, -0.2) is 27.2 Å². The Morgan fingerprint density at radius 2 is 2.00 bits per heavy atom. The summed E-state index contributed by atoms with van der Waals surface area (Å²) in [5, 5.41) is 9.28. The molecule has 2 heterocycles. The summed E-state index contributed by atoms with van der Waals surface area (Å²) in [6.07, 6.45) is 1.41. The van der Waals surface area contributed by atoms with Gasteiger partial charge in [0.25, 0.3) is 5.91 Å². The number of halogens is 2. The molecule has 0 spiro atoms. The van der Waals surface area contributed by atoms with Gasteiger partial charge in [0.1, 0.15) is 11.6 Å². The maximum Gasteiger partial charge on any atom is 0.257 e. The molecule has 0 aliphatic carbocycles. The first kappa shape index (κ1) is 18.7. The molecule has 9 heteroatoms. The maximum atomic E-state index is 13.5. The Hall–Kier alpha value is -3.13. The van der Waals surface area contributed by atoms with E-state index in [1.54, 1.807) is 12.3 Å². The zero-order valence-corrected chi connectivity index (χ0v) is 15.2. The van der Waals surface area contributed by atoms with E-state index in [-0.39, 0.29) is 34.2 Å². The second kappa shape index (κ2) is 8.05. The van der Waals surface area contributed by atoms with E-state index in [0.29, 0.717) is 5.82 Å². The molecule has 0 aliphatic heterocycles. The Balaban J connectivity index is 1.91. The van der Waals surface area contributed by atoms with Crippen molar-refractivity contribution in [1.29, 1.82) is 0 Å². The van der Waals surface area contributed by atoms with Gasteiger partial charge in [0.15, 0.2) is 5.82 Å². The number of H-pyrrole nitrogens is 1. The average Bonchev–Trinajstić information content (AvgIpc) is 3.05. The normalized spacial score (nSPS) is 10.7. The fourth-order valence-corrected chi connectivity index (χ4v) is 2.40. The van der Waals surface area contributed by atoms with Crippen LogP contribution in [0.25, 0.3) is 0 Å². The molecular weight excluding hydrogens is 375 g/mol. The van der Waals surface area contributed by atoms with Gasteiger partial charge in [0.2, 0.25) is 11.8 Å². The minimum Gasteiger partial charge on any atom is -0.475 e. The molecule has 0 fully saturated rings. The van der Waals surface area contributed by atoms with Crippen LogP contribution in [-0.2, 0) is 0 Å². The Morgan fingerprint density at radius 3 is 2.67 bits per heavy atom. The molecule has 1 aromatic carbocycles. The van der Waals surface area contributed by atoms with E-state index in [4.69, 9.17) is 21.1 Å². The van der Waals surface area contributed by atoms with Crippen molar-refractivity contribution >= 4 is 23.3 Å². The molecule has 3 aromatic rings. The fraction of sp³-hybridized carbons (Fsp3) is 0.167. The summed E-state index contributed by atoms with van der Waals surface area (Å²) < 4.78 is 24.7. The minimum atomic E-state index is -0.552. The van der Waals surface area contributed by atoms with E-state index < -0.39 is 11.7 Å². The van der Waals surface area contributed by atoms with Gasteiger partial charge in [-0.15, -0.1) is 0 Å². The lowest BCUT2D eigenvalue weighted by Crippen LogP contribution is -2.14. The number of amides is 1. The van der Waals surface area contributed by atoms with Crippen molar-refractivity contribution in [3.63, 3.8) is 0 Å².